The van der Waals surface area contributed by atoms with Crippen LogP contribution in [0.3, 0.4) is 0 Å². The van der Waals surface area contributed by atoms with Gasteiger partial charge in [-0.15, -0.1) is 0 Å². The molecule has 2 saturated heterocycles. The molecule has 1 unspecified atom stereocenters. The van der Waals surface area contributed by atoms with Crippen molar-refractivity contribution in [2.75, 3.05) is 13.1 Å². The Labute approximate surface area is 170 Å². The summed E-state index contributed by atoms with van der Waals surface area (Å²) in [6, 6.07) is 17.2. The molecule has 2 fully saturated rings. The maximum absolute atomic E-state index is 13.2. The molecular formula is C23H24N4O2. The minimum absolute atomic E-state index is 0.112. The lowest BCUT2D eigenvalue weighted by molar-refractivity contribution is -0.120. The average Bonchev–Trinajstić information content (AvgIpc) is 3.03. The van der Waals surface area contributed by atoms with E-state index in [1.165, 1.54) is 0 Å². The van der Waals surface area contributed by atoms with Gasteiger partial charge in [0.25, 0.3) is 5.91 Å². The van der Waals surface area contributed by atoms with Crippen LogP contribution in [0.2, 0.25) is 0 Å². The SMILES string of the molecule is Cc1ccc(C(=O)N2NC(=O)CC23CCCN(Cc2cccc(C#N)c2)C3)cc1. The third-order valence-electron chi connectivity index (χ3n) is 5.80. The summed E-state index contributed by atoms with van der Waals surface area (Å²) in [6.07, 6.45) is 2.02. The number of carbonyl (C=O) groups is 2. The zero-order chi connectivity index (χ0) is 20.4. The van der Waals surface area contributed by atoms with E-state index in [0.717, 1.165) is 30.5 Å². The fourth-order valence-corrected chi connectivity index (χ4v) is 4.42. The number of hydrazine groups is 1. The number of piperidine rings is 1. The summed E-state index contributed by atoms with van der Waals surface area (Å²) in [7, 11) is 0. The first-order valence-corrected chi connectivity index (χ1v) is 9.91. The molecule has 1 spiro atoms. The standard InChI is InChI=1S/C23H24N4O2/c1-17-6-8-20(9-7-17)22(29)27-23(13-21(28)25-27)10-3-11-26(16-23)15-19-5-2-4-18(12-19)14-24/h2,4-9,12H,3,10-11,13,15-16H2,1H3,(H,25,28). The number of hydrogen-bond donors (Lipinski definition) is 1. The maximum Gasteiger partial charge on any atom is 0.272 e. The maximum atomic E-state index is 13.2. The van der Waals surface area contributed by atoms with E-state index < -0.39 is 5.54 Å². The molecule has 2 aromatic carbocycles. The number of rotatable bonds is 3. The van der Waals surface area contributed by atoms with Crippen LogP contribution in [0.25, 0.3) is 0 Å². The van der Waals surface area contributed by atoms with Gasteiger partial charge in [-0.25, -0.2) is 5.01 Å². The summed E-state index contributed by atoms with van der Waals surface area (Å²) in [5.41, 5.74) is 5.64. The second-order valence-corrected chi connectivity index (χ2v) is 8.07. The lowest BCUT2D eigenvalue weighted by atomic mass is 9.85. The quantitative estimate of drug-likeness (QED) is 0.877. The van der Waals surface area contributed by atoms with Gasteiger partial charge in [-0.1, -0.05) is 29.8 Å². The summed E-state index contributed by atoms with van der Waals surface area (Å²) in [6.45, 7) is 4.20. The number of carbonyl (C=O) groups excluding carboxylic acids is 2. The number of nitrogens with one attached hydrogen (secondary N) is 1. The van der Waals surface area contributed by atoms with Crippen molar-refractivity contribution in [3.63, 3.8) is 0 Å². The second kappa shape index (κ2) is 7.69. The molecule has 2 aliphatic rings. The highest BCUT2D eigenvalue weighted by atomic mass is 16.2. The first kappa shape index (κ1) is 19.2. The van der Waals surface area contributed by atoms with Crippen LogP contribution in [0.15, 0.2) is 48.5 Å². The van der Waals surface area contributed by atoms with Crippen LogP contribution in [-0.4, -0.2) is 40.4 Å². The van der Waals surface area contributed by atoms with Crippen molar-refractivity contribution in [1.82, 2.24) is 15.3 Å². The van der Waals surface area contributed by atoms with Crippen LogP contribution in [0, 0.1) is 18.3 Å². The second-order valence-electron chi connectivity index (χ2n) is 8.07. The molecule has 6 heteroatoms. The third-order valence-corrected chi connectivity index (χ3v) is 5.80. The van der Waals surface area contributed by atoms with Crippen molar-refractivity contribution < 1.29 is 9.59 Å². The molecule has 29 heavy (non-hydrogen) atoms. The Morgan fingerprint density at radius 1 is 1.24 bits per heavy atom. The predicted octanol–water partition coefficient (Wildman–Crippen LogP) is 2.78. The lowest BCUT2D eigenvalue weighted by Gasteiger charge is -2.44. The monoisotopic (exact) mass is 388 g/mol. The highest BCUT2D eigenvalue weighted by Crippen LogP contribution is 2.35. The fraction of sp³-hybridized carbons (Fsp3) is 0.348. The highest BCUT2D eigenvalue weighted by molar-refractivity contribution is 5.98. The van der Waals surface area contributed by atoms with Crippen LogP contribution >= 0.6 is 0 Å². The van der Waals surface area contributed by atoms with Gasteiger partial charge in [-0.2, -0.15) is 5.26 Å². The molecule has 2 heterocycles. The first-order valence-electron chi connectivity index (χ1n) is 9.91. The van der Waals surface area contributed by atoms with Crippen LogP contribution in [0.1, 0.15) is 46.3 Å². The number of nitrogens with zero attached hydrogens (tertiary/aromatic N) is 3. The molecule has 0 aromatic heterocycles. The van der Waals surface area contributed by atoms with Gasteiger partial charge in [-0.3, -0.25) is 19.9 Å². The molecule has 6 nitrogen and oxygen atoms in total. The number of likely N-dealkylation sites (tertiary alicyclic amines) is 1. The number of benzene rings is 2. The van der Waals surface area contributed by atoms with E-state index in [2.05, 4.69) is 16.4 Å². The molecule has 0 bridgehead atoms. The van der Waals surface area contributed by atoms with Gasteiger partial charge < -0.3 is 0 Å². The molecule has 2 aliphatic heterocycles. The minimum atomic E-state index is -0.538. The zero-order valence-corrected chi connectivity index (χ0v) is 16.5. The van der Waals surface area contributed by atoms with Crippen molar-refractivity contribution in [1.29, 1.82) is 5.26 Å². The van der Waals surface area contributed by atoms with Crippen molar-refractivity contribution in [2.24, 2.45) is 0 Å². The highest BCUT2D eigenvalue weighted by Gasteiger charge is 2.50. The molecular weight excluding hydrogens is 364 g/mol. The summed E-state index contributed by atoms with van der Waals surface area (Å²) >= 11 is 0. The van der Waals surface area contributed by atoms with E-state index >= 15 is 0 Å². The molecule has 0 radical (unpaired) electrons. The summed E-state index contributed by atoms with van der Waals surface area (Å²) in [5.74, 6) is -0.275. The van der Waals surface area contributed by atoms with E-state index in [4.69, 9.17) is 5.26 Å². The molecule has 0 aliphatic carbocycles. The summed E-state index contributed by atoms with van der Waals surface area (Å²) in [4.78, 5) is 27.8. The van der Waals surface area contributed by atoms with Crippen LogP contribution in [0.4, 0.5) is 0 Å². The Balaban J connectivity index is 1.55. The van der Waals surface area contributed by atoms with E-state index in [1.807, 2.05) is 49.4 Å². The zero-order valence-electron chi connectivity index (χ0n) is 16.5. The largest absolute Gasteiger partial charge is 0.297 e. The normalized spacial score (nSPS) is 21.8. The fourth-order valence-electron chi connectivity index (χ4n) is 4.42. The van der Waals surface area contributed by atoms with Crippen molar-refractivity contribution in [3.05, 3.63) is 70.8 Å². The van der Waals surface area contributed by atoms with Gasteiger partial charge in [0.2, 0.25) is 5.91 Å². The van der Waals surface area contributed by atoms with Gasteiger partial charge in [0.15, 0.2) is 0 Å². The van der Waals surface area contributed by atoms with Crippen molar-refractivity contribution >= 4 is 11.8 Å². The molecule has 2 aromatic rings. The van der Waals surface area contributed by atoms with Gasteiger partial charge in [0, 0.05) is 18.7 Å². The molecule has 2 amide bonds. The Bertz CT molecular complexity index is 979. The number of aryl methyl sites for hydroxylation is 1. The summed E-state index contributed by atoms with van der Waals surface area (Å²) < 4.78 is 0. The van der Waals surface area contributed by atoms with E-state index in [0.29, 0.717) is 30.6 Å². The Morgan fingerprint density at radius 3 is 2.79 bits per heavy atom. The Hall–Kier alpha value is -3.17. The van der Waals surface area contributed by atoms with Gasteiger partial charge >= 0.3 is 0 Å². The van der Waals surface area contributed by atoms with E-state index in [1.54, 1.807) is 11.1 Å². The van der Waals surface area contributed by atoms with Gasteiger partial charge in [-0.05, 0) is 56.1 Å². The molecule has 1 N–H and O–H groups in total. The predicted molar refractivity (Wildman–Crippen MR) is 109 cm³/mol. The smallest absolute Gasteiger partial charge is 0.272 e. The number of amides is 2. The van der Waals surface area contributed by atoms with E-state index in [9.17, 15) is 9.59 Å². The number of hydrogen-bond acceptors (Lipinski definition) is 4. The van der Waals surface area contributed by atoms with Crippen molar-refractivity contribution in [2.45, 2.75) is 38.3 Å². The molecule has 1 atom stereocenters. The van der Waals surface area contributed by atoms with Crippen molar-refractivity contribution in [3.8, 4) is 6.07 Å². The van der Waals surface area contributed by atoms with Gasteiger partial charge in [0.1, 0.15) is 0 Å². The third kappa shape index (κ3) is 3.87. The molecule has 148 valence electrons. The summed E-state index contributed by atoms with van der Waals surface area (Å²) in [5, 5.41) is 10.7. The van der Waals surface area contributed by atoms with Crippen LogP contribution in [-0.2, 0) is 11.3 Å². The van der Waals surface area contributed by atoms with Crippen LogP contribution in [0.5, 0.6) is 0 Å². The average molecular weight is 388 g/mol. The Morgan fingerprint density at radius 2 is 2.03 bits per heavy atom. The Kier molecular flexibility index (Phi) is 5.08. The number of nitriles is 1. The molecule has 0 saturated carbocycles. The first-order chi connectivity index (χ1) is 14.0. The minimum Gasteiger partial charge on any atom is -0.297 e. The van der Waals surface area contributed by atoms with Crippen LogP contribution < -0.4 is 5.43 Å². The van der Waals surface area contributed by atoms with E-state index in [-0.39, 0.29) is 11.8 Å². The topological polar surface area (TPSA) is 76.4 Å². The lowest BCUT2D eigenvalue weighted by Crippen LogP contribution is -2.59. The van der Waals surface area contributed by atoms with Gasteiger partial charge in [0.05, 0.1) is 23.6 Å². The molecule has 4 rings (SSSR count).